The number of nitriles is 14. The molecule has 2 aliphatic heterocycles. The maximum Gasteiger partial charge on any atom is 2.00 e. The van der Waals surface area contributed by atoms with E-state index in [0.717, 1.165) is 0 Å². The Morgan fingerprint density at radius 3 is 0.761 bits per heavy atom. The Kier molecular flexibility index (Phi) is 10.5. The molecule has 5 heterocycles. The van der Waals surface area contributed by atoms with Crippen molar-refractivity contribution in [2.24, 2.45) is 0 Å². The Balaban J connectivity index is 0.00000676. The molecule has 0 radical (unpaired) electrons. The predicted molar refractivity (Wildman–Crippen MR) is 220 cm³/mol. The molecule has 0 saturated carbocycles. The number of hydrogen-bond acceptors (Lipinski definition) is 20. The molecule has 71 heavy (non-hydrogen) atoms. The molecule has 4 aromatic carbocycles. The number of aromatic nitrogens is 8. The van der Waals surface area contributed by atoms with Crippen LogP contribution in [0.3, 0.4) is 0 Å². The summed E-state index contributed by atoms with van der Waals surface area (Å²) in [6.45, 7) is 0. The van der Waals surface area contributed by atoms with Gasteiger partial charge in [0.05, 0.1) is 90.1 Å². The van der Waals surface area contributed by atoms with Gasteiger partial charge in [-0.25, -0.2) is 18.7 Å². The van der Waals surface area contributed by atoms with Crippen molar-refractivity contribution in [3.63, 3.8) is 0 Å². The third-order valence-electron chi connectivity index (χ3n) is 10.9. The quantitative estimate of drug-likeness (QED) is 0.187. The topological polar surface area (TPSA) is 439 Å². The van der Waals surface area contributed by atoms with Gasteiger partial charge in [0.25, 0.3) is 0 Å². The van der Waals surface area contributed by atoms with Crippen molar-refractivity contribution >= 4 is 44.1 Å². The molecule has 0 spiro atoms. The molecule has 310 valence electrons. The summed E-state index contributed by atoms with van der Waals surface area (Å²) in [6, 6.07) is 23.4. The maximum atomic E-state index is 16.2. The van der Waals surface area contributed by atoms with Gasteiger partial charge in [0.15, 0.2) is 11.6 Å². The minimum atomic E-state index is -1.54. The molecule has 9 rings (SSSR count). The fourth-order valence-electron chi connectivity index (χ4n) is 8.16. The zero-order valence-electron chi connectivity index (χ0n) is 34.3. The molecule has 0 N–H and O–H groups in total. The first kappa shape index (κ1) is 45.2. The molecule has 0 aliphatic carbocycles. The van der Waals surface area contributed by atoms with E-state index in [-0.39, 0.29) is 19.5 Å². The minimum Gasteiger partial charge on any atom is -0.357 e. The summed E-state index contributed by atoms with van der Waals surface area (Å²) in [6.07, 6.45) is 0. The van der Waals surface area contributed by atoms with Gasteiger partial charge in [-0.15, -0.1) is 0 Å². The van der Waals surface area contributed by atoms with Gasteiger partial charge in [-0.05, 0) is 0 Å². The summed E-state index contributed by atoms with van der Waals surface area (Å²) >= 11 is 0. The van der Waals surface area contributed by atoms with Crippen LogP contribution in [-0.2, 0) is 19.5 Å². The van der Waals surface area contributed by atoms with E-state index in [9.17, 15) is 73.7 Å². The van der Waals surface area contributed by atoms with Crippen molar-refractivity contribution in [3.05, 3.63) is 89.5 Å². The molecular weight excluding hydrogens is 964 g/mol. The van der Waals surface area contributed by atoms with Crippen molar-refractivity contribution in [2.45, 2.75) is 0 Å². The molecule has 8 bridgehead atoms. The zero-order chi connectivity index (χ0) is 50.0. The van der Waals surface area contributed by atoms with E-state index < -0.39 is 179 Å². The van der Waals surface area contributed by atoms with Crippen molar-refractivity contribution < 1.29 is 28.3 Å². The van der Waals surface area contributed by atoms with Crippen LogP contribution >= 0.6 is 0 Å². The van der Waals surface area contributed by atoms with Crippen LogP contribution in [-0.4, -0.2) is 29.9 Å². The van der Waals surface area contributed by atoms with Gasteiger partial charge < -0.3 is 29.9 Å². The third kappa shape index (κ3) is 5.77. The summed E-state index contributed by atoms with van der Waals surface area (Å²) in [5, 5.41) is 143. The monoisotopic (exact) mass is 962 g/mol. The van der Waals surface area contributed by atoms with Crippen LogP contribution in [0.1, 0.15) is 77.9 Å². The first-order valence-corrected chi connectivity index (χ1v) is 18.6. The second-order valence-electron chi connectivity index (χ2n) is 13.9. The number of halogens is 2. The average molecular weight is 964 g/mol. The van der Waals surface area contributed by atoms with Crippen LogP contribution < -0.4 is 9.97 Å². The first-order chi connectivity index (χ1) is 34.0. The Morgan fingerprint density at radius 1 is 0.254 bits per heavy atom. The van der Waals surface area contributed by atoms with Crippen molar-refractivity contribution in [1.29, 1.82) is 73.7 Å². The molecule has 3 aromatic heterocycles. The van der Waals surface area contributed by atoms with E-state index in [2.05, 4.69) is 39.9 Å². The SMILES string of the molecule is N#Cc1c(F)c(C#N)c2c(c1C#N)-c1nc-2nc2[n-]c(nc3nc(nc4[n-]c(n1)c1c(C#N)c(F)c(C#N)c(C#N)c41)-c1c(C#N)c(C#N)c(C#N)c(C#N)c1-3)c1c(C#N)c(C#N)c(C#N)c(C#N)c21.[Zn+2]. The molecule has 0 unspecified atom stereocenters. The molecule has 2 aliphatic rings. The van der Waals surface area contributed by atoms with Crippen molar-refractivity contribution in [1.82, 2.24) is 39.9 Å². The molecule has 0 saturated heterocycles. The molecular formula is C46F2N22Zn. The fourth-order valence-corrected chi connectivity index (χ4v) is 8.16. The Bertz CT molecular complexity index is 4690. The van der Waals surface area contributed by atoms with E-state index in [1.807, 2.05) is 0 Å². The smallest absolute Gasteiger partial charge is 0.357 e. The molecule has 22 nitrogen and oxygen atoms in total. The predicted octanol–water partition coefficient (Wildman–Crippen LogP) is 4.61. The van der Waals surface area contributed by atoms with Crippen LogP contribution in [0.2, 0.25) is 0 Å². The van der Waals surface area contributed by atoms with Crippen LogP contribution in [0.5, 0.6) is 0 Å². The molecule has 0 fully saturated rings. The van der Waals surface area contributed by atoms with Crippen LogP contribution in [0, 0.1) is 170 Å². The summed E-state index contributed by atoms with van der Waals surface area (Å²) < 4.78 is 32.4. The number of hydrogen-bond donors (Lipinski definition) is 0. The van der Waals surface area contributed by atoms with E-state index in [1.165, 1.54) is 12.1 Å². The number of benzene rings is 4. The van der Waals surface area contributed by atoms with Crippen LogP contribution in [0.25, 0.3) is 89.7 Å². The number of nitrogens with zero attached hydrogens (tertiary/aromatic N) is 22. The molecule has 0 atom stereocenters. The van der Waals surface area contributed by atoms with E-state index in [4.69, 9.17) is 0 Å². The standard InChI is InChI=1S/C46F2N22.Zn/c47-37-25(11-59)23(9-57)33-35(27(37)13-61)46-68-43(33)66-41-30-20(6-54)16(2-50)15(1-49)19(5-53)29(30)39(64-41)63-40-31-21(7-55)17(3-51)18(4-52)22(8-56)32(31)42(65-40)67-45-36-28(14-62)38(48)26(12-60)24(10-58)34(36)44(69-45)70-46;/q-2;+2. The third-order valence-corrected chi connectivity index (χ3v) is 10.9. The van der Waals surface area contributed by atoms with Gasteiger partial charge in [-0.1, -0.05) is 0 Å². The minimum absolute atomic E-state index is 0. The second-order valence-corrected chi connectivity index (χ2v) is 13.9. The summed E-state index contributed by atoms with van der Waals surface area (Å²) in [7, 11) is 0. The second kappa shape index (κ2) is 16.5. The van der Waals surface area contributed by atoms with Gasteiger partial charge in [0.1, 0.15) is 96.1 Å². The van der Waals surface area contributed by atoms with Gasteiger partial charge in [-0.2, -0.15) is 73.7 Å². The van der Waals surface area contributed by atoms with E-state index in [1.54, 1.807) is 72.8 Å². The molecule has 25 heteroatoms. The van der Waals surface area contributed by atoms with Gasteiger partial charge in [-0.3, -0.25) is 0 Å². The normalized spacial score (nSPS) is 10.1. The van der Waals surface area contributed by atoms with Crippen LogP contribution in [0.15, 0.2) is 0 Å². The fraction of sp³-hybridized carbons (Fsp3) is 0. The largest absolute Gasteiger partial charge is 2.00 e. The number of fused-ring (bicyclic) bond motifs is 20. The van der Waals surface area contributed by atoms with Gasteiger partial charge in [0, 0.05) is 66.4 Å². The van der Waals surface area contributed by atoms with Crippen molar-refractivity contribution in [3.8, 4) is 131 Å². The van der Waals surface area contributed by atoms with E-state index >= 15 is 8.78 Å². The summed E-state index contributed by atoms with van der Waals surface area (Å²) in [5.74, 6) is -5.96. The van der Waals surface area contributed by atoms with Gasteiger partial charge >= 0.3 is 19.5 Å². The number of rotatable bonds is 0. The molecule has 7 aromatic rings. The Labute approximate surface area is 404 Å². The van der Waals surface area contributed by atoms with E-state index in [0.29, 0.717) is 0 Å². The van der Waals surface area contributed by atoms with Gasteiger partial charge in [0.2, 0.25) is 0 Å². The zero-order valence-corrected chi connectivity index (χ0v) is 37.3. The molecule has 0 amide bonds. The summed E-state index contributed by atoms with van der Waals surface area (Å²) in [4.78, 5) is 35.3. The Hall–Kier alpha value is -12.4. The Morgan fingerprint density at radius 2 is 0.465 bits per heavy atom. The summed E-state index contributed by atoms with van der Waals surface area (Å²) in [5.41, 5.74) is -15.7. The first-order valence-electron chi connectivity index (χ1n) is 18.6. The maximum absolute atomic E-state index is 16.2. The van der Waals surface area contributed by atoms with Crippen molar-refractivity contribution in [2.75, 3.05) is 0 Å². The average Bonchev–Trinajstić information content (AvgIpc) is 4.12. The van der Waals surface area contributed by atoms with Crippen LogP contribution in [0.4, 0.5) is 8.78 Å².